The molecular formula is C18H29NS. The fourth-order valence-electron chi connectivity index (χ4n) is 1.76. The van der Waals surface area contributed by atoms with Crippen LogP contribution in [0.3, 0.4) is 0 Å². The predicted molar refractivity (Wildman–Crippen MR) is 92.8 cm³/mol. The van der Waals surface area contributed by atoms with Gasteiger partial charge in [0.25, 0.3) is 0 Å². The van der Waals surface area contributed by atoms with Crippen LogP contribution in [0.15, 0.2) is 30.5 Å². The zero-order valence-electron chi connectivity index (χ0n) is 13.9. The van der Waals surface area contributed by atoms with Crippen molar-refractivity contribution in [1.29, 1.82) is 0 Å². The van der Waals surface area contributed by atoms with Crippen LogP contribution in [0.5, 0.6) is 0 Å². The van der Waals surface area contributed by atoms with Crippen molar-refractivity contribution < 1.29 is 0 Å². The van der Waals surface area contributed by atoms with E-state index in [0.29, 0.717) is 0 Å². The molecule has 0 N–H and O–H groups in total. The fraction of sp³-hybridized carbons (Fsp3) is 0.500. The normalized spacial score (nSPS) is 9.10. The molecule has 1 nitrogen and oxygen atoms in total. The van der Waals surface area contributed by atoms with Gasteiger partial charge in [0.15, 0.2) is 0 Å². The number of aromatic nitrogens is 1. The maximum absolute atomic E-state index is 4.38. The Morgan fingerprint density at radius 3 is 2.30 bits per heavy atom. The minimum atomic E-state index is 1.05. The number of hydrogen-bond acceptors (Lipinski definition) is 2. The summed E-state index contributed by atoms with van der Waals surface area (Å²) in [4.78, 5) is 5.78. The highest BCUT2D eigenvalue weighted by Gasteiger charge is 2.01. The van der Waals surface area contributed by atoms with Gasteiger partial charge in [0, 0.05) is 11.1 Å². The minimum absolute atomic E-state index is 1.05. The molecule has 0 bridgehead atoms. The Morgan fingerprint density at radius 1 is 1.05 bits per heavy atom. The molecule has 112 valence electrons. The van der Waals surface area contributed by atoms with Gasteiger partial charge in [0.05, 0.1) is 5.01 Å². The summed E-state index contributed by atoms with van der Waals surface area (Å²) < 4.78 is 0. The van der Waals surface area contributed by atoms with E-state index in [4.69, 9.17) is 0 Å². The van der Waals surface area contributed by atoms with E-state index in [9.17, 15) is 0 Å². The molecule has 0 aliphatic rings. The van der Waals surface area contributed by atoms with E-state index in [1.165, 1.54) is 21.0 Å². The third kappa shape index (κ3) is 6.85. The smallest absolute Gasteiger partial charge is 0.0924 e. The van der Waals surface area contributed by atoms with E-state index < -0.39 is 0 Å². The van der Waals surface area contributed by atoms with Crippen LogP contribution in [0.2, 0.25) is 0 Å². The summed E-state index contributed by atoms with van der Waals surface area (Å²) in [6, 6.07) is 8.75. The molecule has 0 unspecified atom stereocenters. The van der Waals surface area contributed by atoms with Crippen molar-refractivity contribution in [1.82, 2.24) is 4.98 Å². The van der Waals surface area contributed by atoms with Gasteiger partial charge < -0.3 is 0 Å². The Labute approximate surface area is 129 Å². The van der Waals surface area contributed by atoms with Gasteiger partial charge in [0.2, 0.25) is 0 Å². The number of benzene rings is 1. The lowest BCUT2D eigenvalue weighted by Gasteiger charge is -2.00. The van der Waals surface area contributed by atoms with E-state index in [0.717, 1.165) is 19.3 Å². The minimum Gasteiger partial charge on any atom is -0.249 e. The first-order valence-corrected chi connectivity index (χ1v) is 8.58. The molecule has 20 heavy (non-hydrogen) atoms. The fourth-order valence-corrected chi connectivity index (χ4v) is 2.62. The van der Waals surface area contributed by atoms with Crippen LogP contribution in [-0.4, -0.2) is 4.98 Å². The van der Waals surface area contributed by atoms with Crippen molar-refractivity contribution in [2.24, 2.45) is 0 Å². The molecule has 2 heteroatoms. The lowest BCUT2D eigenvalue weighted by atomic mass is 10.1. The first kappa shape index (κ1) is 18.9. The van der Waals surface area contributed by atoms with Gasteiger partial charge in [-0.2, -0.15) is 0 Å². The van der Waals surface area contributed by atoms with Crippen LogP contribution < -0.4 is 0 Å². The molecule has 1 heterocycles. The molecular weight excluding hydrogens is 262 g/mol. The summed E-state index contributed by atoms with van der Waals surface area (Å²) in [5.41, 5.74) is 2.77. The highest BCUT2D eigenvalue weighted by molar-refractivity contribution is 7.11. The van der Waals surface area contributed by atoms with Crippen LogP contribution >= 0.6 is 11.3 Å². The predicted octanol–water partition coefficient (Wildman–Crippen LogP) is 5.85. The van der Waals surface area contributed by atoms with Gasteiger partial charge in [-0.3, -0.25) is 0 Å². The van der Waals surface area contributed by atoms with Crippen LogP contribution in [0.4, 0.5) is 0 Å². The number of rotatable bonds is 4. The Hall–Kier alpha value is -1.15. The number of nitrogens with zero attached hydrogens (tertiary/aromatic N) is 1. The number of hydrogen-bond donors (Lipinski definition) is 0. The van der Waals surface area contributed by atoms with Crippen molar-refractivity contribution >= 4 is 11.3 Å². The zero-order chi connectivity index (χ0) is 15.4. The van der Waals surface area contributed by atoms with E-state index in [2.05, 4.69) is 43.1 Å². The van der Waals surface area contributed by atoms with Crippen molar-refractivity contribution in [3.63, 3.8) is 0 Å². The van der Waals surface area contributed by atoms with Gasteiger partial charge in [0.1, 0.15) is 0 Å². The number of thiazole rings is 1. The molecule has 0 saturated heterocycles. The van der Waals surface area contributed by atoms with E-state index in [1.54, 1.807) is 0 Å². The van der Waals surface area contributed by atoms with E-state index in [-0.39, 0.29) is 0 Å². The molecule has 0 amide bonds. The van der Waals surface area contributed by atoms with Crippen LogP contribution in [0.25, 0.3) is 0 Å². The summed E-state index contributed by atoms with van der Waals surface area (Å²) in [7, 11) is 0. The first-order valence-electron chi connectivity index (χ1n) is 7.77. The van der Waals surface area contributed by atoms with Crippen molar-refractivity contribution in [3.8, 4) is 0 Å². The van der Waals surface area contributed by atoms with Gasteiger partial charge in [-0.1, -0.05) is 64.4 Å². The Morgan fingerprint density at radius 2 is 1.75 bits per heavy atom. The monoisotopic (exact) mass is 291 g/mol. The average Bonchev–Trinajstić information content (AvgIpc) is 2.97. The largest absolute Gasteiger partial charge is 0.249 e. The standard InChI is InChI=1S/C14H17NS.2C2H6/c1-3-14-15-10-13(16-14)8-7-12-6-4-5-11(2)9-12;2*1-2/h4-6,9-10H,3,7-8H2,1-2H3;2*1-2H3. The Kier molecular flexibility index (Phi) is 11.0. The molecule has 1 aromatic heterocycles. The molecule has 0 radical (unpaired) electrons. The Bertz CT molecular complexity index is 460. The van der Waals surface area contributed by atoms with E-state index >= 15 is 0 Å². The Balaban J connectivity index is 0.000000829. The highest BCUT2D eigenvalue weighted by atomic mass is 32.1. The summed E-state index contributed by atoms with van der Waals surface area (Å²) in [6.45, 7) is 12.3. The molecule has 1 aromatic carbocycles. The highest BCUT2D eigenvalue weighted by Crippen LogP contribution is 2.16. The summed E-state index contributed by atoms with van der Waals surface area (Å²) in [5.74, 6) is 0. The lowest BCUT2D eigenvalue weighted by Crippen LogP contribution is -1.89. The molecule has 0 saturated carbocycles. The van der Waals surface area contributed by atoms with Gasteiger partial charge in [-0.25, -0.2) is 4.98 Å². The van der Waals surface area contributed by atoms with E-state index in [1.807, 2.05) is 45.2 Å². The molecule has 2 rings (SSSR count). The quantitative estimate of drug-likeness (QED) is 0.688. The van der Waals surface area contributed by atoms with Gasteiger partial charge >= 0.3 is 0 Å². The lowest BCUT2D eigenvalue weighted by molar-refractivity contribution is 0.972. The maximum atomic E-state index is 4.38. The SMILES string of the molecule is CC.CC.CCc1ncc(CCc2cccc(C)c2)s1. The van der Waals surface area contributed by atoms with Gasteiger partial charge in [-0.05, 0) is 31.7 Å². The van der Waals surface area contributed by atoms with Crippen LogP contribution in [-0.2, 0) is 19.3 Å². The first-order chi connectivity index (χ1) is 9.78. The van der Waals surface area contributed by atoms with Gasteiger partial charge in [-0.15, -0.1) is 11.3 Å². The second-order valence-corrected chi connectivity index (χ2v) is 5.26. The summed E-state index contributed by atoms with van der Waals surface area (Å²) >= 11 is 1.85. The van der Waals surface area contributed by atoms with Crippen molar-refractivity contribution in [2.75, 3.05) is 0 Å². The second-order valence-electron chi connectivity index (χ2n) is 4.06. The van der Waals surface area contributed by atoms with Crippen LogP contribution in [0.1, 0.15) is 55.6 Å². The molecule has 0 atom stereocenters. The maximum Gasteiger partial charge on any atom is 0.0924 e. The van der Waals surface area contributed by atoms with Crippen LogP contribution in [0, 0.1) is 6.92 Å². The topological polar surface area (TPSA) is 12.9 Å². The summed E-state index contributed by atoms with van der Waals surface area (Å²) in [5, 5.41) is 1.25. The molecule has 0 aliphatic carbocycles. The average molecular weight is 292 g/mol. The number of aryl methyl sites for hydroxylation is 4. The zero-order valence-corrected chi connectivity index (χ0v) is 14.7. The molecule has 2 aromatic rings. The van der Waals surface area contributed by atoms with Crippen molar-refractivity contribution in [3.05, 3.63) is 51.5 Å². The summed E-state index contributed by atoms with van der Waals surface area (Å²) in [6.07, 6.45) is 5.31. The second kappa shape index (κ2) is 11.7. The third-order valence-corrected chi connectivity index (χ3v) is 3.85. The molecule has 0 spiro atoms. The third-order valence-electron chi connectivity index (χ3n) is 2.65. The van der Waals surface area contributed by atoms with Crippen molar-refractivity contribution in [2.45, 2.75) is 60.8 Å². The molecule has 0 aliphatic heterocycles. The molecule has 0 fully saturated rings.